The number of aldehydes is 1. The Balaban J connectivity index is 1.96. The Morgan fingerprint density at radius 2 is 2.14 bits per heavy atom. The van der Waals surface area contributed by atoms with Gasteiger partial charge in [0.2, 0.25) is 0 Å². The van der Waals surface area contributed by atoms with Gasteiger partial charge >= 0.3 is 5.97 Å². The number of nitrogens with zero attached hydrogens (tertiary/aromatic N) is 2. The smallest absolute Gasteiger partial charge is 0.355 e. The van der Waals surface area contributed by atoms with Gasteiger partial charge in [-0.2, -0.15) is 5.10 Å². The Morgan fingerprint density at radius 1 is 1.36 bits per heavy atom. The molecular weight excluding hydrogens is 282 g/mol. The first-order valence-corrected chi connectivity index (χ1v) is 6.98. The van der Waals surface area contributed by atoms with Crippen LogP contribution in [-0.2, 0) is 11.3 Å². The zero-order valence-electron chi connectivity index (χ0n) is 12.1. The average molecular weight is 297 g/mol. The van der Waals surface area contributed by atoms with Crippen LogP contribution >= 0.6 is 0 Å². The van der Waals surface area contributed by atoms with Crippen molar-refractivity contribution in [2.45, 2.75) is 13.5 Å². The van der Waals surface area contributed by atoms with E-state index in [9.17, 15) is 9.59 Å². The highest BCUT2D eigenvalue weighted by Gasteiger charge is 2.20. The van der Waals surface area contributed by atoms with Gasteiger partial charge in [0, 0.05) is 6.20 Å². The van der Waals surface area contributed by atoms with Gasteiger partial charge in [-0.25, -0.2) is 4.79 Å². The Bertz CT molecular complexity index is 818. The van der Waals surface area contributed by atoms with E-state index in [4.69, 9.17) is 4.74 Å². The van der Waals surface area contributed by atoms with Crippen LogP contribution in [0.4, 0.5) is 0 Å². The van der Waals surface area contributed by atoms with Gasteiger partial charge in [-0.05, 0) is 12.5 Å². The maximum atomic E-state index is 11.8. The molecule has 6 heteroatoms. The minimum atomic E-state index is -0.544. The predicted octanol–water partition coefficient (Wildman–Crippen LogP) is 2.40. The topological polar surface area (TPSA) is 77.0 Å². The van der Waals surface area contributed by atoms with E-state index >= 15 is 0 Å². The van der Waals surface area contributed by atoms with E-state index in [-0.39, 0.29) is 17.9 Å². The molecule has 0 spiro atoms. The molecule has 2 heterocycles. The normalized spacial score (nSPS) is 10.8. The molecule has 1 N–H and O–H groups in total. The SMILES string of the molecule is CCOC(=O)c1[nH]c2cn(Cc3ccccc3)nc2c1C=O. The van der Waals surface area contributed by atoms with Crippen LogP contribution in [0.5, 0.6) is 0 Å². The third-order valence-corrected chi connectivity index (χ3v) is 3.33. The molecule has 0 amide bonds. The molecule has 22 heavy (non-hydrogen) atoms. The second kappa shape index (κ2) is 5.85. The number of fused-ring (bicyclic) bond motifs is 1. The quantitative estimate of drug-likeness (QED) is 0.579. The summed E-state index contributed by atoms with van der Waals surface area (Å²) in [7, 11) is 0. The third kappa shape index (κ3) is 2.50. The summed E-state index contributed by atoms with van der Waals surface area (Å²) in [5.41, 5.74) is 2.61. The molecular formula is C16H15N3O3. The van der Waals surface area contributed by atoms with Crippen LogP contribution in [0.3, 0.4) is 0 Å². The van der Waals surface area contributed by atoms with E-state index in [0.717, 1.165) is 5.56 Å². The molecule has 2 aromatic heterocycles. The molecule has 0 unspecified atom stereocenters. The van der Waals surface area contributed by atoms with Gasteiger partial charge in [-0.1, -0.05) is 30.3 Å². The summed E-state index contributed by atoms with van der Waals surface area (Å²) in [6.45, 7) is 2.56. The van der Waals surface area contributed by atoms with Gasteiger partial charge in [0.25, 0.3) is 0 Å². The van der Waals surface area contributed by atoms with Crippen LogP contribution in [0.15, 0.2) is 36.5 Å². The lowest BCUT2D eigenvalue weighted by Crippen LogP contribution is -2.08. The lowest BCUT2D eigenvalue weighted by Gasteiger charge is -2.02. The van der Waals surface area contributed by atoms with Crippen molar-refractivity contribution in [1.29, 1.82) is 0 Å². The van der Waals surface area contributed by atoms with Crippen LogP contribution in [0, 0.1) is 0 Å². The Kier molecular flexibility index (Phi) is 3.74. The molecule has 0 aliphatic heterocycles. The number of hydrogen-bond acceptors (Lipinski definition) is 4. The van der Waals surface area contributed by atoms with Gasteiger partial charge in [-0.15, -0.1) is 0 Å². The van der Waals surface area contributed by atoms with Crippen molar-refractivity contribution < 1.29 is 14.3 Å². The van der Waals surface area contributed by atoms with Crippen LogP contribution in [-0.4, -0.2) is 33.6 Å². The molecule has 3 aromatic rings. The number of rotatable bonds is 5. The second-order valence-electron chi connectivity index (χ2n) is 4.83. The van der Waals surface area contributed by atoms with Gasteiger partial charge in [0.15, 0.2) is 6.29 Å². The Labute approximate surface area is 126 Å². The first kappa shape index (κ1) is 14.1. The number of H-pyrrole nitrogens is 1. The van der Waals surface area contributed by atoms with Crippen molar-refractivity contribution in [3.63, 3.8) is 0 Å². The maximum absolute atomic E-state index is 11.8. The van der Waals surface area contributed by atoms with Gasteiger partial charge < -0.3 is 9.72 Å². The molecule has 112 valence electrons. The zero-order chi connectivity index (χ0) is 15.5. The van der Waals surface area contributed by atoms with Crippen LogP contribution in [0.25, 0.3) is 11.0 Å². The van der Waals surface area contributed by atoms with E-state index in [1.807, 2.05) is 30.3 Å². The number of aromatic amines is 1. The highest BCUT2D eigenvalue weighted by Crippen LogP contribution is 2.20. The van der Waals surface area contributed by atoms with E-state index in [1.54, 1.807) is 17.8 Å². The van der Waals surface area contributed by atoms with Crippen molar-refractivity contribution in [3.8, 4) is 0 Å². The fourth-order valence-corrected chi connectivity index (χ4v) is 2.36. The first-order chi connectivity index (χ1) is 10.7. The Morgan fingerprint density at radius 3 is 2.82 bits per heavy atom. The van der Waals surface area contributed by atoms with E-state index in [2.05, 4.69) is 10.1 Å². The molecule has 0 bridgehead atoms. The second-order valence-corrected chi connectivity index (χ2v) is 4.83. The number of nitrogens with one attached hydrogen (secondary N) is 1. The molecule has 0 saturated carbocycles. The lowest BCUT2D eigenvalue weighted by atomic mass is 10.2. The van der Waals surface area contributed by atoms with Crippen molar-refractivity contribution in [2.75, 3.05) is 6.61 Å². The average Bonchev–Trinajstić information content (AvgIpc) is 3.05. The number of hydrogen-bond donors (Lipinski definition) is 1. The molecule has 0 aliphatic carbocycles. The standard InChI is InChI=1S/C16H15N3O3/c1-2-22-16(21)15-12(10-20)14-13(17-15)9-19(18-14)8-11-6-4-3-5-7-11/h3-7,9-10,17H,2,8H2,1H3. The molecule has 0 fully saturated rings. The van der Waals surface area contributed by atoms with Crippen LogP contribution < -0.4 is 0 Å². The van der Waals surface area contributed by atoms with Crippen molar-refractivity contribution in [1.82, 2.24) is 14.8 Å². The molecule has 6 nitrogen and oxygen atoms in total. The monoisotopic (exact) mass is 297 g/mol. The fraction of sp³-hybridized carbons (Fsp3) is 0.188. The minimum absolute atomic E-state index is 0.154. The predicted molar refractivity (Wildman–Crippen MR) is 81.0 cm³/mol. The number of carbonyl (C=O) groups is 2. The third-order valence-electron chi connectivity index (χ3n) is 3.33. The van der Waals surface area contributed by atoms with E-state index < -0.39 is 5.97 Å². The summed E-state index contributed by atoms with van der Waals surface area (Å²) in [6.07, 6.45) is 2.41. The van der Waals surface area contributed by atoms with Crippen LogP contribution in [0.2, 0.25) is 0 Å². The van der Waals surface area contributed by atoms with Crippen LogP contribution in [0.1, 0.15) is 33.3 Å². The maximum Gasteiger partial charge on any atom is 0.355 e. The van der Waals surface area contributed by atoms with E-state index in [1.165, 1.54) is 0 Å². The largest absolute Gasteiger partial charge is 0.461 e. The number of ether oxygens (including phenoxy) is 1. The van der Waals surface area contributed by atoms with Crippen molar-refractivity contribution in [3.05, 3.63) is 53.3 Å². The summed E-state index contributed by atoms with van der Waals surface area (Å²) >= 11 is 0. The summed E-state index contributed by atoms with van der Waals surface area (Å²) in [5.74, 6) is -0.544. The summed E-state index contributed by atoms with van der Waals surface area (Å²) in [5, 5.41) is 4.39. The molecule has 0 saturated heterocycles. The van der Waals surface area contributed by atoms with Crippen molar-refractivity contribution in [2.24, 2.45) is 0 Å². The molecule has 1 aromatic carbocycles. The molecule has 0 aliphatic rings. The van der Waals surface area contributed by atoms with E-state index in [0.29, 0.717) is 23.9 Å². The van der Waals surface area contributed by atoms with Gasteiger partial charge in [-0.3, -0.25) is 9.48 Å². The zero-order valence-corrected chi connectivity index (χ0v) is 12.1. The number of esters is 1. The summed E-state index contributed by atoms with van der Waals surface area (Å²) in [6, 6.07) is 9.87. The summed E-state index contributed by atoms with van der Waals surface area (Å²) in [4.78, 5) is 26.0. The molecule has 3 rings (SSSR count). The Hall–Kier alpha value is -2.89. The number of aromatic nitrogens is 3. The van der Waals surface area contributed by atoms with Gasteiger partial charge in [0.1, 0.15) is 11.2 Å². The lowest BCUT2D eigenvalue weighted by molar-refractivity contribution is 0.0518. The van der Waals surface area contributed by atoms with Crippen molar-refractivity contribution >= 4 is 23.3 Å². The van der Waals surface area contributed by atoms with Gasteiger partial charge in [0.05, 0.1) is 24.2 Å². The molecule has 0 radical (unpaired) electrons. The highest BCUT2D eigenvalue weighted by molar-refractivity contribution is 6.06. The molecule has 0 atom stereocenters. The minimum Gasteiger partial charge on any atom is -0.461 e. The highest BCUT2D eigenvalue weighted by atomic mass is 16.5. The first-order valence-electron chi connectivity index (χ1n) is 6.98. The summed E-state index contributed by atoms with van der Waals surface area (Å²) < 4.78 is 6.67. The fourth-order valence-electron chi connectivity index (χ4n) is 2.36. The number of carbonyl (C=O) groups excluding carboxylic acids is 2. The number of benzene rings is 1.